The van der Waals surface area contributed by atoms with Gasteiger partial charge in [-0.1, -0.05) is 0 Å². The summed E-state index contributed by atoms with van der Waals surface area (Å²) < 4.78 is 30.0. The van der Waals surface area contributed by atoms with Crippen LogP contribution in [0.2, 0.25) is 0 Å². The van der Waals surface area contributed by atoms with Crippen molar-refractivity contribution < 1.29 is 22.2 Å². The fourth-order valence-corrected chi connectivity index (χ4v) is 0.442. The largest absolute Gasteiger partial charge is 0.480 e. The molecule has 0 saturated heterocycles. The van der Waals surface area contributed by atoms with Crippen molar-refractivity contribution >= 4 is 16.2 Å². The third kappa shape index (κ3) is 5.35. The van der Waals surface area contributed by atoms with E-state index in [0.29, 0.717) is 0 Å². The van der Waals surface area contributed by atoms with Gasteiger partial charge in [-0.05, 0) is 0 Å². The van der Waals surface area contributed by atoms with Gasteiger partial charge in [-0.3, -0.25) is 4.79 Å². The minimum absolute atomic E-state index is 1.45. The van der Waals surface area contributed by atoms with E-state index in [0.717, 1.165) is 0 Å². The molecule has 0 spiro atoms. The van der Waals surface area contributed by atoms with Gasteiger partial charge in [0, 0.05) is 0 Å². The van der Waals surface area contributed by atoms with Gasteiger partial charge in [0.25, 0.3) is 0 Å². The lowest BCUT2D eigenvalue weighted by Gasteiger charge is -1.82. The highest BCUT2D eigenvalue weighted by Gasteiger charge is 2.11. The zero-order valence-corrected chi connectivity index (χ0v) is 4.48. The van der Waals surface area contributed by atoms with Crippen LogP contribution in [0.25, 0.3) is 0 Å². The molecule has 0 fully saturated rings. The zero-order chi connectivity index (χ0) is 6.78. The van der Waals surface area contributed by atoms with E-state index in [9.17, 15) is 17.1 Å². The molecule has 0 aliphatic rings. The predicted octanol–water partition coefficient (Wildman–Crippen LogP) is -0.630. The van der Waals surface area contributed by atoms with Gasteiger partial charge in [-0.2, -0.15) is 8.42 Å². The van der Waals surface area contributed by atoms with Crippen LogP contribution in [-0.2, 0) is 15.0 Å². The SMILES string of the molecule is O=C(O)CS(=O)(=O)F. The van der Waals surface area contributed by atoms with Crippen LogP contribution in [0, 0.1) is 0 Å². The molecule has 0 heterocycles. The minimum atomic E-state index is -4.82. The van der Waals surface area contributed by atoms with Crippen LogP contribution in [0.3, 0.4) is 0 Å². The van der Waals surface area contributed by atoms with Gasteiger partial charge in [0.1, 0.15) is 0 Å². The summed E-state index contributed by atoms with van der Waals surface area (Å²) >= 11 is 0. The molecule has 0 aliphatic heterocycles. The smallest absolute Gasteiger partial charge is 0.321 e. The molecule has 0 aromatic carbocycles. The molecule has 0 amide bonds. The standard InChI is InChI=1S/C2H3FO4S/c3-8(6,7)1-2(4)5/h1H2,(H,4,5). The molecule has 0 aromatic heterocycles. The second-order valence-electron chi connectivity index (χ2n) is 1.08. The normalized spacial score (nSPS) is 11.1. The first-order chi connectivity index (χ1) is 3.42. The molecule has 0 rings (SSSR count). The summed E-state index contributed by atoms with van der Waals surface area (Å²) in [5.74, 6) is -3.14. The Morgan fingerprint density at radius 1 is 1.62 bits per heavy atom. The fourth-order valence-electron chi connectivity index (χ4n) is 0.147. The van der Waals surface area contributed by atoms with Crippen LogP contribution >= 0.6 is 0 Å². The Hall–Kier alpha value is -0.650. The minimum Gasteiger partial charge on any atom is -0.480 e. The van der Waals surface area contributed by atoms with Crippen LogP contribution in [0.15, 0.2) is 0 Å². The van der Waals surface area contributed by atoms with Gasteiger partial charge < -0.3 is 5.11 Å². The van der Waals surface area contributed by atoms with Gasteiger partial charge in [0.05, 0.1) is 0 Å². The van der Waals surface area contributed by atoms with Crippen LogP contribution < -0.4 is 0 Å². The van der Waals surface area contributed by atoms with E-state index in [1.54, 1.807) is 0 Å². The number of halogens is 1. The number of rotatable bonds is 2. The van der Waals surface area contributed by atoms with E-state index in [2.05, 4.69) is 0 Å². The first kappa shape index (κ1) is 7.35. The summed E-state index contributed by atoms with van der Waals surface area (Å²) in [5.41, 5.74) is 0. The van der Waals surface area contributed by atoms with E-state index in [4.69, 9.17) is 5.11 Å². The monoisotopic (exact) mass is 142 g/mol. The molecule has 0 unspecified atom stereocenters. The highest BCUT2D eigenvalue weighted by molar-refractivity contribution is 7.87. The van der Waals surface area contributed by atoms with E-state index in [1.165, 1.54) is 0 Å². The van der Waals surface area contributed by atoms with Crippen molar-refractivity contribution in [2.24, 2.45) is 0 Å². The lowest BCUT2D eigenvalue weighted by atomic mass is 10.8. The lowest BCUT2D eigenvalue weighted by Crippen LogP contribution is -2.09. The maximum atomic E-state index is 11.2. The average Bonchev–Trinajstić information content (AvgIpc) is 1.21. The Morgan fingerprint density at radius 3 is 2.00 bits per heavy atom. The summed E-state index contributed by atoms with van der Waals surface area (Å²) in [6.45, 7) is 0. The molecule has 8 heavy (non-hydrogen) atoms. The van der Waals surface area contributed by atoms with E-state index in [-0.39, 0.29) is 0 Å². The topological polar surface area (TPSA) is 71.4 Å². The highest BCUT2D eigenvalue weighted by atomic mass is 32.3. The lowest BCUT2D eigenvalue weighted by molar-refractivity contribution is -0.134. The van der Waals surface area contributed by atoms with Gasteiger partial charge in [-0.15, -0.1) is 3.89 Å². The van der Waals surface area contributed by atoms with Crippen molar-refractivity contribution in [2.45, 2.75) is 0 Å². The number of hydrogen-bond acceptors (Lipinski definition) is 3. The number of carboxylic acids is 1. The van der Waals surface area contributed by atoms with Crippen molar-refractivity contribution in [2.75, 3.05) is 5.75 Å². The molecule has 0 saturated carbocycles. The maximum Gasteiger partial charge on any atom is 0.321 e. The summed E-state index contributed by atoms with van der Waals surface area (Å²) in [6.07, 6.45) is 0. The van der Waals surface area contributed by atoms with Crippen LogP contribution in [0.4, 0.5) is 3.89 Å². The first-order valence-corrected chi connectivity index (χ1v) is 3.11. The molecular formula is C2H3FO4S. The summed E-state index contributed by atoms with van der Waals surface area (Å²) in [6, 6.07) is 0. The molecule has 0 bridgehead atoms. The zero-order valence-electron chi connectivity index (χ0n) is 3.67. The van der Waals surface area contributed by atoms with Crippen molar-refractivity contribution in [3.05, 3.63) is 0 Å². The highest BCUT2D eigenvalue weighted by Crippen LogP contribution is 1.87. The Bertz CT molecular complexity index is 180. The van der Waals surface area contributed by atoms with Crippen LogP contribution in [0.1, 0.15) is 0 Å². The van der Waals surface area contributed by atoms with Gasteiger partial charge in [-0.25, -0.2) is 0 Å². The van der Waals surface area contributed by atoms with Crippen LogP contribution in [-0.4, -0.2) is 25.2 Å². The van der Waals surface area contributed by atoms with Crippen molar-refractivity contribution in [1.82, 2.24) is 0 Å². The molecule has 6 heteroatoms. The molecule has 4 nitrogen and oxygen atoms in total. The summed E-state index contributed by atoms with van der Waals surface area (Å²) in [4.78, 5) is 9.40. The number of carbonyl (C=O) groups is 1. The van der Waals surface area contributed by atoms with Gasteiger partial charge in [0.15, 0.2) is 5.75 Å². The molecule has 0 aliphatic carbocycles. The van der Waals surface area contributed by atoms with Gasteiger partial charge in [0.2, 0.25) is 0 Å². The molecule has 1 N–H and O–H groups in total. The predicted molar refractivity (Wildman–Crippen MR) is 22.5 cm³/mol. The quantitative estimate of drug-likeness (QED) is 0.521. The molecule has 48 valence electrons. The Balaban J connectivity index is 3.95. The van der Waals surface area contributed by atoms with Crippen molar-refractivity contribution in [3.8, 4) is 0 Å². The number of hydrogen-bond donors (Lipinski definition) is 1. The fraction of sp³-hybridized carbons (Fsp3) is 0.500. The molecule has 0 radical (unpaired) electrons. The first-order valence-electron chi connectivity index (χ1n) is 1.56. The van der Waals surface area contributed by atoms with E-state index < -0.39 is 21.9 Å². The molecular weight excluding hydrogens is 139 g/mol. The molecule has 0 atom stereocenters. The Kier molecular flexibility index (Phi) is 1.91. The average molecular weight is 142 g/mol. The summed E-state index contributed by atoms with van der Waals surface area (Å²) in [7, 11) is -4.82. The second-order valence-corrected chi connectivity index (χ2v) is 2.44. The van der Waals surface area contributed by atoms with E-state index >= 15 is 0 Å². The maximum absolute atomic E-state index is 11.2. The Morgan fingerprint density at radius 2 is 2.00 bits per heavy atom. The third-order valence-corrected chi connectivity index (χ3v) is 0.888. The van der Waals surface area contributed by atoms with E-state index in [1.807, 2.05) is 0 Å². The number of carboxylic acid groups (broad SMARTS) is 1. The second kappa shape index (κ2) is 2.08. The van der Waals surface area contributed by atoms with Crippen LogP contribution in [0.5, 0.6) is 0 Å². The molecule has 0 aromatic rings. The number of aliphatic carboxylic acids is 1. The van der Waals surface area contributed by atoms with Crippen molar-refractivity contribution in [1.29, 1.82) is 0 Å². The third-order valence-electron chi connectivity index (χ3n) is 0.296. The van der Waals surface area contributed by atoms with Crippen molar-refractivity contribution in [3.63, 3.8) is 0 Å². The Labute approximate surface area is 45.1 Å². The van der Waals surface area contributed by atoms with Gasteiger partial charge >= 0.3 is 16.2 Å². The summed E-state index contributed by atoms with van der Waals surface area (Å²) in [5, 5.41) is 7.63.